The Labute approximate surface area is 151 Å². The second-order valence-corrected chi connectivity index (χ2v) is 8.93. The maximum Gasteiger partial charge on any atom is 0.220 e. The molecular formula is C18H29N3O3S. The second-order valence-electron chi connectivity index (χ2n) is 6.84. The van der Waals surface area contributed by atoms with Crippen molar-refractivity contribution in [2.75, 3.05) is 43.4 Å². The number of nitrogens with zero attached hydrogens (tertiary/aromatic N) is 2. The molecule has 1 fully saturated rings. The smallest absolute Gasteiger partial charge is 0.220 e. The molecule has 6 nitrogen and oxygen atoms in total. The van der Waals surface area contributed by atoms with Gasteiger partial charge in [0.25, 0.3) is 0 Å². The number of carbonyl (C=O) groups is 1. The lowest BCUT2D eigenvalue weighted by atomic mass is 10.1. The van der Waals surface area contributed by atoms with Crippen LogP contribution in [-0.2, 0) is 14.8 Å². The topological polar surface area (TPSA) is 69.7 Å². The second kappa shape index (κ2) is 9.20. The lowest BCUT2D eigenvalue weighted by Gasteiger charge is -2.35. The van der Waals surface area contributed by atoms with E-state index in [1.165, 1.54) is 0 Å². The number of hydrogen-bond acceptors (Lipinski definition) is 4. The van der Waals surface area contributed by atoms with Gasteiger partial charge in [-0.3, -0.25) is 4.79 Å². The Hall–Kier alpha value is -1.60. The van der Waals surface area contributed by atoms with Gasteiger partial charge in [0.1, 0.15) is 0 Å². The highest BCUT2D eigenvalue weighted by Crippen LogP contribution is 2.17. The summed E-state index contributed by atoms with van der Waals surface area (Å²) in [5.41, 5.74) is 1.13. The molecule has 1 heterocycles. The van der Waals surface area contributed by atoms with Crippen LogP contribution in [0.4, 0.5) is 5.69 Å². The Kier molecular flexibility index (Phi) is 7.25. The van der Waals surface area contributed by atoms with Gasteiger partial charge in [0.15, 0.2) is 0 Å². The highest BCUT2D eigenvalue weighted by Gasteiger charge is 2.26. The third kappa shape index (κ3) is 6.32. The van der Waals surface area contributed by atoms with Gasteiger partial charge in [0.05, 0.1) is 5.75 Å². The van der Waals surface area contributed by atoms with E-state index in [4.69, 9.17) is 0 Å². The molecule has 0 aromatic heterocycles. The summed E-state index contributed by atoms with van der Waals surface area (Å²) in [6.07, 6.45) is 0.930. The first kappa shape index (κ1) is 19.7. The summed E-state index contributed by atoms with van der Waals surface area (Å²) >= 11 is 0. The number of rotatable bonds is 8. The number of carbonyl (C=O) groups excluding carboxylic acids is 1. The molecule has 1 aromatic carbocycles. The molecule has 25 heavy (non-hydrogen) atoms. The number of amides is 1. The van der Waals surface area contributed by atoms with Crippen molar-refractivity contribution in [3.63, 3.8) is 0 Å². The molecule has 0 spiro atoms. The van der Waals surface area contributed by atoms with Crippen molar-refractivity contribution >= 4 is 21.6 Å². The van der Waals surface area contributed by atoms with Crippen molar-refractivity contribution in [1.29, 1.82) is 0 Å². The van der Waals surface area contributed by atoms with E-state index in [1.807, 2.05) is 44.2 Å². The summed E-state index contributed by atoms with van der Waals surface area (Å²) in [5, 5.41) is 2.79. The van der Waals surface area contributed by atoms with Crippen LogP contribution in [0.25, 0.3) is 0 Å². The molecule has 1 saturated heterocycles. The molecular weight excluding hydrogens is 338 g/mol. The first-order valence-corrected chi connectivity index (χ1v) is 10.5. The van der Waals surface area contributed by atoms with Crippen LogP contribution in [0.5, 0.6) is 0 Å². The summed E-state index contributed by atoms with van der Waals surface area (Å²) in [7, 11) is -3.25. The molecule has 0 atom stereocenters. The zero-order valence-corrected chi connectivity index (χ0v) is 16.0. The number of hydrogen-bond donors (Lipinski definition) is 1. The average Bonchev–Trinajstić information content (AvgIpc) is 2.59. The summed E-state index contributed by atoms with van der Waals surface area (Å²) in [6.45, 7) is 6.81. The monoisotopic (exact) mass is 367 g/mol. The third-order valence-electron chi connectivity index (χ3n) is 4.25. The third-order valence-corrected chi connectivity index (χ3v) is 6.20. The molecule has 140 valence electrons. The predicted molar refractivity (Wildman–Crippen MR) is 101 cm³/mol. The summed E-state index contributed by atoms with van der Waals surface area (Å²) < 4.78 is 26.5. The van der Waals surface area contributed by atoms with Crippen molar-refractivity contribution < 1.29 is 13.2 Å². The molecule has 1 aliphatic heterocycles. The Balaban J connectivity index is 1.73. The van der Waals surface area contributed by atoms with E-state index in [9.17, 15) is 13.2 Å². The van der Waals surface area contributed by atoms with E-state index < -0.39 is 10.0 Å². The van der Waals surface area contributed by atoms with Crippen LogP contribution >= 0.6 is 0 Å². The molecule has 7 heteroatoms. The largest absolute Gasteiger partial charge is 0.369 e. The molecule has 1 amide bonds. The van der Waals surface area contributed by atoms with Crippen molar-refractivity contribution in [3.05, 3.63) is 30.3 Å². The van der Waals surface area contributed by atoms with Gasteiger partial charge in [-0.25, -0.2) is 8.42 Å². The number of piperazine rings is 1. The molecule has 1 N–H and O–H groups in total. The van der Waals surface area contributed by atoms with Gasteiger partial charge in [-0.05, 0) is 24.5 Å². The highest BCUT2D eigenvalue weighted by molar-refractivity contribution is 7.89. The molecule has 0 aliphatic carbocycles. The Morgan fingerprint density at radius 1 is 1.12 bits per heavy atom. The van der Waals surface area contributed by atoms with Gasteiger partial charge < -0.3 is 10.2 Å². The fraction of sp³-hybridized carbons (Fsp3) is 0.611. The molecule has 0 radical (unpaired) electrons. The molecule has 1 aromatic rings. The quantitative estimate of drug-likeness (QED) is 0.710. The number of benzene rings is 1. The van der Waals surface area contributed by atoms with E-state index in [2.05, 4.69) is 10.2 Å². The van der Waals surface area contributed by atoms with Gasteiger partial charge >= 0.3 is 0 Å². The zero-order chi connectivity index (χ0) is 18.3. The summed E-state index contributed by atoms with van der Waals surface area (Å²) in [4.78, 5) is 13.8. The van der Waals surface area contributed by atoms with Crippen LogP contribution in [0.3, 0.4) is 0 Å². The fourth-order valence-electron chi connectivity index (χ4n) is 2.92. The number of sulfonamides is 1. The zero-order valence-electron chi connectivity index (χ0n) is 15.1. The van der Waals surface area contributed by atoms with Crippen LogP contribution in [0.15, 0.2) is 30.3 Å². The van der Waals surface area contributed by atoms with E-state index in [-0.39, 0.29) is 11.7 Å². The maximum atomic E-state index is 12.4. The SMILES string of the molecule is CC(C)CC(=O)NCCCS(=O)(=O)N1CCN(c2ccccc2)CC1. The Morgan fingerprint density at radius 2 is 1.76 bits per heavy atom. The molecule has 0 saturated carbocycles. The van der Waals surface area contributed by atoms with Gasteiger partial charge in [-0.1, -0.05) is 32.0 Å². The van der Waals surface area contributed by atoms with Crippen LogP contribution in [-0.4, -0.2) is 57.1 Å². The molecule has 1 aliphatic rings. The Morgan fingerprint density at radius 3 is 2.36 bits per heavy atom. The van der Waals surface area contributed by atoms with E-state index in [0.29, 0.717) is 51.5 Å². The van der Waals surface area contributed by atoms with Crippen molar-refractivity contribution in [3.8, 4) is 0 Å². The van der Waals surface area contributed by atoms with Gasteiger partial charge in [0, 0.05) is 44.8 Å². The lowest BCUT2D eigenvalue weighted by Crippen LogP contribution is -2.49. The number of para-hydroxylation sites is 1. The number of anilines is 1. The van der Waals surface area contributed by atoms with Crippen LogP contribution in [0.2, 0.25) is 0 Å². The first-order chi connectivity index (χ1) is 11.9. The minimum atomic E-state index is -3.25. The van der Waals surface area contributed by atoms with Crippen molar-refractivity contribution in [2.45, 2.75) is 26.7 Å². The van der Waals surface area contributed by atoms with Crippen LogP contribution in [0.1, 0.15) is 26.7 Å². The van der Waals surface area contributed by atoms with Crippen molar-refractivity contribution in [1.82, 2.24) is 9.62 Å². The minimum absolute atomic E-state index is 0.0103. The van der Waals surface area contributed by atoms with Crippen LogP contribution in [0, 0.1) is 5.92 Å². The Bertz CT molecular complexity index is 639. The van der Waals surface area contributed by atoms with E-state index in [0.717, 1.165) is 5.69 Å². The minimum Gasteiger partial charge on any atom is -0.369 e. The first-order valence-electron chi connectivity index (χ1n) is 8.93. The van der Waals surface area contributed by atoms with E-state index >= 15 is 0 Å². The fourth-order valence-corrected chi connectivity index (χ4v) is 4.40. The normalized spacial score (nSPS) is 16.2. The van der Waals surface area contributed by atoms with Gasteiger partial charge in [-0.2, -0.15) is 4.31 Å². The van der Waals surface area contributed by atoms with Crippen LogP contribution < -0.4 is 10.2 Å². The average molecular weight is 368 g/mol. The standard InChI is InChI=1S/C18H29N3O3S/c1-16(2)15-18(22)19-9-6-14-25(23,24)21-12-10-20(11-13-21)17-7-4-3-5-8-17/h3-5,7-8,16H,6,9-15H2,1-2H3,(H,19,22). The highest BCUT2D eigenvalue weighted by atomic mass is 32.2. The summed E-state index contributed by atoms with van der Waals surface area (Å²) in [5.74, 6) is 0.383. The van der Waals surface area contributed by atoms with Gasteiger partial charge in [0.2, 0.25) is 15.9 Å². The van der Waals surface area contributed by atoms with Crippen molar-refractivity contribution in [2.24, 2.45) is 5.92 Å². The molecule has 2 rings (SSSR count). The molecule has 0 unspecified atom stereocenters. The van der Waals surface area contributed by atoms with Gasteiger partial charge in [-0.15, -0.1) is 0 Å². The number of nitrogens with one attached hydrogen (secondary N) is 1. The molecule has 0 bridgehead atoms. The van der Waals surface area contributed by atoms with E-state index in [1.54, 1.807) is 4.31 Å². The summed E-state index contributed by atoms with van der Waals surface area (Å²) in [6, 6.07) is 10.1. The maximum absolute atomic E-state index is 12.4. The predicted octanol–water partition coefficient (Wildman–Crippen LogP) is 1.69. The lowest BCUT2D eigenvalue weighted by molar-refractivity contribution is -0.121.